The Kier molecular flexibility index (Phi) is 2.56. The molecule has 0 fully saturated rings. The Morgan fingerprint density at radius 1 is 1.53 bits per heavy atom. The number of benzene rings is 1. The van der Waals surface area contributed by atoms with E-state index in [0.29, 0.717) is 6.54 Å². The van der Waals surface area contributed by atoms with Gasteiger partial charge in [-0.3, -0.25) is 0 Å². The van der Waals surface area contributed by atoms with E-state index in [1.165, 1.54) is 0 Å². The quantitative estimate of drug-likeness (QED) is 0.773. The molecular formula is C12H14N2O. The summed E-state index contributed by atoms with van der Waals surface area (Å²) in [6.45, 7) is 6.06. The molecule has 3 heteroatoms. The van der Waals surface area contributed by atoms with Crippen LogP contribution in [0.3, 0.4) is 0 Å². The van der Waals surface area contributed by atoms with E-state index in [0.717, 1.165) is 16.6 Å². The predicted octanol–water partition coefficient (Wildman–Crippen LogP) is 1.97. The molecule has 2 rings (SSSR count). The number of imidazole rings is 1. The lowest BCUT2D eigenvalue weighted by Crippen LogP contribution is -2.15. The monoisotopic (exact) mass is 202 g/mol. The Balaban J connectivity index is 2.32. The topological polar surface area (TPSA) is 38.0 Å². The Morgan fingerprint density at radius 3 is 3.00 bits per heavy atom. The van der Waals surface area contributed by atoms with Crippen molar-refractivity contribution in [3.63, 3.8) is 0 Å². The van der Waals surface area contributed by atoms with Crippen molar-refractivity contribution in [2.45, 2.75) is 19.6 Å². The molecule has 0 aliphatic heterocycles. The highest BCUT2D eigenvalue weighted by Gasteiger charge is 2.08. The van der Waals surface area contributed by atoms with Crippen LogP contribution in [0.15, 0.2) is 42.7 Å². The Bertz CT molecular complexity index is 487. The van der Waals surface area contributed by atoms with Crippen LogP contribution >= 0.6 is 0 Å². The van der Waals surface area contributed by atoms with Gasteiger partial charge in [0.25, 0.3) is 0 Å². The van der Waals surface area contributed by atoms with E-state index in [9.17, 15) is 5.11 Å². The normalized spacial score (nSPS) is 12.9. The second-order valence-corrected chi connectivity index (χ2v) is 3.75. The molecular weight excluding hydrogens is 188 g/mol. The molecule has 1 aromatic carbocycles. The minimum atomic E-state index is -0.511. The zero-order chi connectivity index (χ0) is 10.8. The number of rotatable bonds is 3. The van der Waals surface area contributed by atoms with Gasteiger partial charge in [0.2, 0.25) is 0 Å². The van der Waals surface area contributed by atoms with E-state index in [-0.39, 0.29) is 0 Å². The van der Waals surface area contributed by atoms with Gasteiger partial charge in [-0.1, -0.05) is 24.3 Å². The third-order valence-corrected chi connectivity index (χ3v) is 2.47. The molecule has 1 N–H and O–H groups in total. The molecule has 2 aromatic rings. The summed E-state index contributed by atoms with van der Waals surface area (Å²) in [6, 6.07) is 7.87. The lowest BCUT2D eigenvalue weighted by atomic mass is 10.2. The van der Waals surface area contributed by atoms with Crippen molar-refractivity contribution in [3.8, 4) is 0 Å². The van der Waals surface area contributed by atoms with E-state index in [1.807, 2.05) is 35.8 Å². The summed E-state index contributed by atoms with van der Waals surface area (Å²) in [5, 5.41) is 9.71. The zero-order valence-electron chi connectivity index (χ0n) is 8.72. The van der Waals surface area contributed by atoms with Crippen molar-refractivity contribution >= 4 is 11.0 Å². The van der Waals surface area contributed by atoms with Gasteiger partial charge in [0.1, 0.15) is 0 Å². The summed E-state index contributed by atoms with van der Waals surface area (Å²) in [6.07, 6.45) is 1.24. The van der Waals surface area contributed by atoms with E-state index in [2.05, 4.69) is 11.6 Å². The molecule has 0 bridgehead atoms. The fourth-order valence-corrected chi connectivity index (χ4v) is 1.50. The van der Waals surface area contributed by atoms with Gasteiger partial charge in [0.15, 0.2) is 0 Å². The first-order valence-electron chi connectivity index (χ1n) is 4.92. The predicted molar refractivity (Wildman–Crippen MR) is 60.6 cm³/mol. The van der Waals surface area contributed by atoms with Crippen LogP contribution in [0.4, 0.5) is 0 Å². The fourth-order valence-electron chi connectivity index (χ4n) is 1.50. The molecule has 1 aromatic heterocycles. The molecule has 3 nitrogen and oxygen atoms in total. The maximum Gasteiger partial charge on any atom is 0.0959 e. The van der Waals surface area contributed by atoms with E-state index < -0.39 is 6.10 Å². The molecule has 78 valence electrons. The minimum Gasteiger partial charge on any atom is -0.387 e. The highest BCUT2D eigenvalue weighted by atomic mass is 16.3. The van der Waals surface area contributed by atoms with Gasteiger partial charge < -0.3 is 9.67 Å². The van der Waals surface area contributed by atoms with Crippen molar-refractivity contribution in [2.75, 3.05) is 0 Å². The Hall–Kier alpha value is -1.61. The van der Waals surface area contributed by atoms with Gasteiger partial charge in [-0.05, 0) is 19.1 Å². The largest absolute Gasteiger partial charge is 0.387 e. The first kappa shape index (κ1) is 9.93. The molecule has 0 aliphatic carbocycles. The average molecular weight is 202 g/mol. The first-order valence-corrected chi connectivity index (χ1v) is 4.92. The molecule has 0 aliphatic rings. The summed E-state index contributed by atoms with van der Waals surface area (Å²) in [4.78, 5) is 4.25. The van der Waals surface area contributed by atoms with Gasteiger partial charge in [-0.25, -0.2) is 4.98 Å². The maximum atomic E-state index is 9.71. The van der Waals surface area contributed by atoms with Crippen molar-refractivity contribution < 1.29 is 5.11 Å². The van der Waals surface area contributed by atoms with Gasteiger partial charge in [-0.2, -0.15) is 0 Å². The van der Waals surface area contributed by atoms with E-state index >= 15 is 0 Å². The molecule has 1 heterocycles. The smallest absolute Gasteiger partial charge is 0.0959 e. The lowest BCUT2D eigenvalue weighted by Gasteiger charge is -2.11. The summed E-state index contributed by atoms with van der Waals surface area (Å²) < 4.78 is 1.94. The average Bonchev–Trinajstić information content (AvgIpc) is 2.62. The number of aromatic nitrogens is 2. The summed E-state index contributed by atoms with van der Waals surface area (Å²) in [5.74, 6) is 0. The van der Waals surface area contributed by atoms with Crippen LogP contribution in [0.25, 0.3) is 11.0 Å². The van der Waals surface area contributed by atoms with Crippen LogP contribution in [0, 0.1) is 0 Å². The van der Waals surface area contributed by atoms with Gasteiger partial charge >= 0.3 is 0 Å². The molecule has 0 saturated heterocycles. The Labute approximate surface area is 88.7 Å². The SMILES string of the molecule is C=C(C)C(O)Cn1cnc2ccccc21. The van der Waals surface area contributed by atoms with Gasteiger partial charge in [0, 0.05) is 0 Å². The van der Waals surface area contributed by atoms with E-state index in [4.69, 9.17) is 0 Å². The van der Waals surface area contributed by atoms with Crippen LogP contribution in [-0.4, -0.2) is 20.8 Å². The molecule has 1 atom stereocenters. The number of hydrogen-bond acceptors (Lipinski definition) is 2. The van der Waals surface area contributed by atoms with Crippen LogP contribution in [0.2, 0.25) is 0 Å². The summed E-state index contributed by atoms with van der Waals surface area (Å²) in [5.41, 5.74) is 2.76. The number of aliphatic hydroxyl groups excluding tert-OH is 1. The standard InChI is InChI=1S/C12H14N2O/c1-9(2)12(15)7-14-8-13-10-5-3-4-6-11(10)14/h3-6,8,12,15H,1,7H2,2H3. The van der Waals surface area contributed by atoms with Crippen LogP contribution in [0.5, 0.6) is 0 Å². The van der Waals surface area contributed by atoms with Gasteiger partial charge in [-0.15, -0.1) is 0 Å². The molecule has 0 spiro atoms. The second kappa shape index (κ2) is 3.87. The van der Waals surface area contributed by atoms with Gasteiger partial charge in [0.05, 0.1) is 30.0 Å². The summed E-state index contributed by atoms with van der Waals surface area (Å²) in [7, 11) is 0. The second-order valence-electron chi connectivity index (χ2n) is 3.75. The van der Waals surface area contributed by atoms with Crippen LogP contribution in [-0.2, 0) is 6.54 Å². The molecule has 0 amide bonds. The fraction of sp³-hybridized carbons (Fsp3) is 0.250. The number of nitrogens with zero attached hydrogens (tertiary/aromatic N) is 2. The number of fused-ring (bicyclic) bond motifs is 1. The van der Waals surface area contributed by atoms with Crippen molar-refractivity contribution in [3.05, 3.63) is 42.7 Å². The highest BCUT2D eigenvalue weighted by Crippen LogP contribution is 2.13. The van der Waals surface area contributed by atoms with Crippen molar-refractivity contribution in [1.29, 1.82) is 0 Å². The maximum absolute atomic E-state index is 9.71. The lowest BCUT2D eigenvalue weighted by molar-refractivity contribution is 0.191. The Morgan fingerprint density at radius 2 is 2.27 bits per heavy atom. The number of para-hydroxylation sites is 2. The summed E-state index contributed by atoms with van der Waals surface area (Å²) >= 11 is 0. The highest BCUT2D eigenvalue weighted by molar-refractivity contribution is 5.74. The first-order chi connectivity index (χ1) is 7.18. The molecule has 1 unspecified atom stereocenters. The van der Waals surface area contributed by atoms with Crippen LogP contribution < -0.4 is 0 Å². The third kappa shape index (κ3) is 1.92. The van der Waals surface area contributed by atoms with Crippen molar-refractivity contribution in [2.24, 2.45) is 0 Å². The zero-order valence-corrected chi connectivity index (χ0v) is 8.72. The number of aliphatic hydroxyl groups is 1. The number of hydrogen-bond donors (Lipinski definition) is 1. The van der Waals surface area contributed by atoms with E-state index in [1.54, 1.807) is 6.33 Å². The molecule has 15 heavy (non-hydrogen) atoms. The minimum absolute atomic E-state index is 0.510. The van der Waals surface area contributed by atoms with Crippen molar-refractivity contribution in [1.82, 2.24) is 9.55 Å². The molecule has 0 saturated carbocycles. The molecule has 0 radical (unpaired) electrons. The third-order valence-electron chi connectivity index (χ3n) is 2.47. The van der Waals surface area contributed by atoms with Crippen LogP contribution in [0.1, 0.15) is 6.92 Å².